The highest BCUT2D eigenvalue weighted by Gasteiger charge is 2.51. The molecule has 156 valence electrons. The van der Waals surface area contributed by atoms with Gasteiger partial charge in [-0.25, -0.2) is 4.98 Å². The number of carbonyl (C=O) groups excluding carboxylic acids is 2. The molecule has 29 heavy (non-hydrogen) atoms. The quantitative estimate of drug-likeness (QED) is 0.825. The highest BCUT2D eigenvalue weighted by molar-refractivity contribution is 5.85. The summed E-state index contributed by atoms with van der Waals surface area (Å²) in [5, 5.41) is 2.95. The fraction of sp³-hybridized carbons (Fsp3) is 0.696. The van der Waals surface area contributed by atoms with Crippen LogP contribution in [0.2, 0.25) is 0 Å². The average Bonchev–Trinajstić information content (AvgIpc) is 2.71. The molecule has 6 rings (SSSR count). The maximum absolute atomic E-state index is 12.7. The molecular formula is C23H33N4O2+. The summed E-state index contributed by atoms with van der Waals surface area (Å²) in [5.74, 6) is 3.78. The van der Waals surface area contributed by atoms with Gasteiger partial charge in [0.2, 0.25) is 11.8 Å². The van der Waals surface area contributed by atoms with Crippen LogP contribution in [-0.2, 0) is 9.59 Å². The van der Waals surface area contributed by atoms with Gasteiger partial charge in [0.1, 0.15) is 13.1 Å². The molecule has 2 heterocycles. The van der Waals surface area contributed by atoms with Crippen molar-refractivity contribution in [3.05, 3.63) is 24.4 Å². The zero-order valence-electron chi connectivity index (χ0n) is 17.2. The molecule has 0 unspecified atom stereocenters. The van der Waals surface area contributed by atoms with Gasteiger partial charge >= 0.3 is 0 Å². The molecule has 0 spiro atoms. The van der Waals surface area contributed by atoms with E-state index in [4.69, 9.17) is 0 Å². The van der Waals surface area contributed by atoms with Crippen molar-refractivity contribution in [3.63, 3.8) is 0 Å². The van der Waals surface area contributed by atoms with Crippen LogP contribution in [-0.4, -0.2) is 49.4 Å². The van der Waals surface area contributed by atoms with Gasteiger partial charge in [0.15, 0.2) is 0 Å². The zero-order valence-corrected chi connectivity index (χ0v) is 17.2. The maximum atomic E-state index is 12.7. The Morgan fingerprint density at radius 2 is 1.66 bits per heavy atom. The Hall–Kier alpha value is -2.11. The molecule has 1 aromatic rings. The van der Waals surface area contributed by atoms with E-state index >= 15 is 0 Å². The van der Waals surface area contributed by atoms with E-state index in [1.54, 1.807) is 0 Å². The number of hydrogen-bond donors (Lipinski definition) is 1. The van der Waals surface area contributed by atoms with Crippen LogP contribution in [0.5, 0.6) is 0 Å². The van der Waals surface area contributed by atoms with E-state index in [2.05, 4.69) is 21.3 Å². The lowest BCUT2D eigenvalue weighted by atomic mass is 9.49. The second-order valence-electron chi connectivity index (χ2n) is 9.99. The van der Waals surface area contributed by atoms with Crippen molar-refractivity contribution in [2.45, 2.75) is 44.9 Å². The third-order valence-corrected chi connectivity index (χ3v) is 7.80. The van der Waals surface area contributed by atoms with Crippen molar-refractivity contribution in [2.75, 3.05) is 37.6 Å². The second kappa shape index (κ2) is 7.62. The lowest BCUT2D eigenvalue weighted by Gasteiger charge is -2.56. The monoisotopic (exact) mass is 397 g/mol. The minimum atomic E-state index is 0.0422. The molecule has 5 fully saturated rings. The van der Waals surface area contributed by atoms with Gasteiger partial charge in [-0.3, -0.25) is 14.5 Å². The Morgan fingerprint density at radius 3 is 2.24 bits per heavy atom. The van der Waals surface area contributed by atoms with Crippen LogP contribution in [0.15, 0.2) is 24.4 Å². The smallest absolute Gasteiger partial charge is 0.274 e. The third-order valence-electron chi connectivity index (χ3n) is 7.80. The number of aromatic nitrogens is 1. The fourth-order valence-electron chi connectivity index (χ4n) is 6.97. The molecule has 4 saturated carbocycles. The van der Waals surface area contributed by atoms with Crippen molar-refractivity contribution in [1.82, 2.24) is 10.2 Å². The zero-order chi connectivity index (χ0) is 19.8. The third kappa shape index (κ3) is 3.99. The Labute approximate surface area is 173 Å². The van der Waals surface area contributed by atoms with Gasteiger partial charge in [0, 0.05) is 12.5 Å². The van der Waals surface area contributed by atoms with Gasteiger partial charge in [0.25, 0.3) is 5.82 Å². The summed E-state index contributed by atoms with van der Waals surface area (Å²) in [6.07, 6.45) is 10.4. The van der Waals surface area contributed by atoms with Gasteiger partial charge in [-0.05, 0) is 67.8 Å². The van der Waals surface area contributed by atoms with Crippen molar-refractivity contribution >= 4 is 17.6 Å². The molecule has 0 atom stereocenters. The van der Waals surface area contributed by atoms with Gasteiger partial charge in [-0.1, -0.05) is 6.07 Å². The van der Waals surface area contributed by atoms with Crippen molar-refractivity contribution in [2.24, 2.45) is 23.2 Å². The van der Waals surface area contributed by atoms with Crippen LogP contribution in [0.3, 0.4) is 0 Å². The standard InChI is InChI=1S/C23H32N4O2/c28-21(15-23-12-17-9-18(13-23)11-19(10-17)14-23)25-16-22(29)27-7-5-26(6-8-27)20-3-1-2-4-24-20/h1-4,17-19H,5-16H2,(H,25,28)/p+1. The molecule has 0 aromatic carbocycles. The predicted octanol–water partition coefficient (Wildman–Crippen LogP) is 1.87. The molecule has 2 amide bonds. The molecule has 6 nitrogen and oxygen atoms in total. The highest BCUT2D eigenvalue weighted by Crippen LogP contribution is 2.61. The molecule has 4 bridgehead atoms. The first-order chi connectivity index (χ1) is 14.1. The summed E-state index contributed by atoms with van der Waals surface area (Å²) in [7, 11) is 0. The van der Waals surface area contributed by atoms with E-state index in [1.807, 2.05) is 23.2 Å². The van der Waals surface area contributed by atoms with Gasteiger partial charge in [-0.15, -0.1) is 0 Å². The number of carbonyl (C=O) groups is 2. The van der Waals surface area contributed by atoms with Gasteiger partial charge in [-0.2, -0.15) is 0 Å². The molecule has 5 aliphatic rings. The lowest BCUT2D eigenvalue weighted by molar-refractivity contribution is -0.364. The molecule has 1 saturated heterocycles. The first-order valence-electron chi connectivity index (χ1n) is 11.3. The first-order valence-corrected chi connectivity index (χ1v) is 11.3. The van der Waals surface area contributed by atoms with Crippen LogP contribution in [0.1, 0.15) is 44.9 Å². The fourth-order valence-corrected chi connectivity index (χ4v) is 6.97. The molecule has 1 aromatic heterocycles. The summed E-state index contributed by atoms with van der Waals surface area (Å²) in [6, 6.07) is 6.04. The van der Waals surface area contributed by atoms with Gasteiger partial charge in [0.05, 0.1) is 25.8 Å². The van der Waals surface area contributed by atoms with Crippen LogP contribution in [0.4, 0.5) is 5.82 Å². The number of piperazine rings is 1. The van der Waals surface area contributed by atoms with Gasteiger partial charge < -0.3 is 10.2 Å². The van der Waals surface area contributed by atoms with Crippen LogP contribution in [0.25, 0.3) is 0 Å². The van der Waals surface area contributed by atoms with E-state index in [0.717, 1.165) is 36.7 Å². The summed E-state index contributed by atoms with van der Waals surface area (Å²) >= 11 is 0. The number of hydrogen-bond acceptors (Lipinski definition) is 3. The summed E-state index contributed by atoms with van der Waals surface area (Å²) in [6.45, 7) is 3.17. The normalized spacial score (nSPS) is 33.0. The van der Waals surface area contributed by atoms with E-state index < -0.39 is 0 Å². The van der Waals surface area contributed by atoms with Crippen LogP contribution >= 0.6 is 0 Å². The molecule has 0 radical (unpaired) electrons. The minimum absolute atomic E-state index is 0.0422. The molecule has 2 N–H and O–H groups in total. The Kier molecular flexibility index (Phi) is 4.96. The van der Waals surface area contributed by atoms with Crippen LogP contribution < -0.4 is 15.2 Å². The Balaban J connectivity index is 1.08. The number of H-pyrrole nitrogens is 1. The van der Waals surface area contributed by atoms with Crippen molar-refractivity contribution < 1.29 is 14.6 Å². The largest absolute Gasteiger partial charge is 0.347 e. The van der Waals surface area contributed by atoms with E-state index in [-0.39, 0.29) is 23.8 Å². The average molecular weight is 398 g/mol. The topological polar surface area (TPSA) is 66.8 Å². The maximum Gasteiger partial charge on any atom is 0.274 e. The van der Waals surface area contributed by atoms with E-state index in [0.29, 0.717) is 19.5 Å². The summed E-state index contributed by atoms with van der Waals surface area (Å²) < 4.78 is 0. The number of rotatable bonds is 5. The predicted molar refractivity (Wildman–Crippen MR) is 110 cm³/mol. The summed E-state index contributed by atoms with van der Waals surface area (Å²) in [5.41, 5.74) is 0.236. The molecule has 1 aliphatic heterocycles. The van der Waals surface area contributed by atoms with Crippen LogP contribution in [0, 0.1) is 23.2 Å². The molecule has 6 heteroatoms. The number of pyridine rings is 1. The van der Waals surface area contributed by atoms with Crippen molar-refractivity contribution in [3.8, 4) is 0 Å². The Morgan fingerprint density at radius 1 is 1.00 bits per heavy atom. The highest BCUT2D eigenvalue weighted by atomic mass is 16.2. The minimum Gasteiger partial charge on any atom is -0.347 e. The molecule has 4 aliphatic carbocycles. The number of aromatic amines is 1. The SMILES string of the molecule is O=C(CC12CC3CC(CC(C3)C1)C2)NCC(=O)N1CCN(c2cccc[nH+]2)CC1. The lowest BCUT2D eigenvalue weighted by Crippen LogP contribution is -2.52. The first kappa shape index (κ1) is 18.9. The second-order valence-corrected chi connectivity index (χ2v) is 9.99. The van der Waals surface area contributed by atoms with E-state index in [9.17, 15) is 9.59 Å². The molecular weight excluding hydrogens is 364 g/mol. The summed E-state index contributed by atoms with van der Waals surface area (Å²) in [4.78, 5) is 32.6. The number of anilines is 1. The van der Waals surface area contributed by atoms with Crippen molar-refractivity contribution in [1.29, 1.82) is 0 Å². The number of nitrogens with zero attached hydrogens (tertiary/aromatic N) is 2. The number of amides is 2. The number of nitrogens with one attached hydrogen (secondary N) is 2. The van der Waals surface area contributed by atoms with E-state index in [1.165, 1.54) is 38.5 Å². The Bertz CT molecular complexity index is 722.